The van der Waals surface area contributed by atoms with Gasteiger partial charge in [-0.15, -0.1) is 0 Å². The van der Waals surface area contributed by atoms with E-state index in [1.54, 1.807) is 6.26 Å². The van der Waals surface area contributed by atoms with Crippen LogP contribution in [0.1, 0.15) is 25.0 Å². The lowest BCUT2D eigenvalue weighted by atomic mass is 10.1. The van der Waals surface area contributed by atoms with E-state index < -0.39 is 7.60 Å². The molecule has 0 aliphatic rings. The van der Waals surface area contributed by atoms with Gasteiger partial charge in [-0.05, 0) is 32.9 Å². The van der Waals surface area contributed by atoms with E-state index in [4.69, 9.17) is 13.5 Å². The number of hydrogen-bond donors (Lipinski definition) is 0. The molecule has 1 heterocycles. The molecule has 0 N–H and O–H groups in total. The first kappa shape index (κ1) is 14.3. The van der Waals surface area contributed by atoms with E-state index in [1.165, 1.54) is 0 Å². The Bertz CT molecular complexity index is 593. The third kappa shape index (κ3) is 3.27. The second kappa shape index (κ2) is 5.91. The van der Waals surface area contributed by atoms with Gasteiger partial charge in [0.05, 0.1) is 25.6 Å². The zero-order chi connectivity index (χ0) is 13.9. The Labute approximate surface area is 113 Å². The van der Waals surface area contributed by atoms with E-state index >= 15 is 0 Å². The standard InChI is InChI=1S/C14H19O4P/c1-4-17-19(15,18-5-2)10-12-9-16-14-7-6-11(3)8-13(12)14/h6-9H,4-5,10H2,1-3H3. The van der Waals surface area contributed by atoms with Crippen LogP contribution in [0.15, 0.2) is 28.9 Å². The van der Waals surface area contributed by atoms with Gasteiger partial charge in [0, 0.05) is 10.9 Å². The molecular weight excluding hydrogens is 263 g/mol. The zero-order valence-corrected chi connectivity index (χ0v) is 12.4. The minimum absolute atomic E-state index is 0.241. The molecule has 0 spiro atoms. The molecule has 0 radical (unpaired) electrons. The van der Waals surface area contributed by atoms with E-state index in [-0.39, 0.29) is 6.16 Å². The van der Waals surface area contributed by atoms with E-state index in [2.05, 4.69) is 0 Å². The molecule has 4 nitrogen and oxygen atoms in total. The van der Waals surface area contributed by atoms with Crippen molar-refractivity contribution >= 4 is 18.6 Å². The van der Waals surface area contributed by atoms with E-state index in [0.717, 1.165) is 22.1 Å². The highest BCUT2D eigenvalue weighted by Gasteiger charge is 2.26. The number of hydrogen-bond acceptors (Lipinski definition) is 4. The van der Waals surface area contributed by atoms with Crippen LogP contribution < -0.4 is 0 Å². The molecule has 0 unspecified atom stereocenters. The highest BCUT2D eigenvalue weighted by molar-refractivity contribution is 7.53. The average Bonchev–Trinajstić information content (AvgIpc) is 2.72. The van der Waals surface area contributed by atoms with Crippen molar-refractivity contribution in [3.05, 3.63) is 35.6 Å². The first-order valence-electron chi connectivity index (χ1n) is 6.43. The molecule has 0 aliphatic carbocycles. The van der Waals surface area contributed by atoms with Crippen LogP contribution in [-0.2, 0) is 19.8 Å². The lowest BCUT2D eigenvalue weighted by Gasteiger charge is -2.16. The van der Waals surface area contributed by atoms with Gasteiger partial charge in [-0.3, -0.25) is 4.57 Å². The fraction of sp³-hybridized carbons (Fsp3) is 0.429. The lowest BCUT2D eigenvalue weighted by molar-refractivity contribution is 0.219. The Hall–Kier alpha value is -1.09. The SMILES string of the molecule is CCOP(=O)(Cc1coc2ccc(C)cc12)OCC. The molecule has 0 amide bonds. The number of furan rings is 1. The number of fused-ring (bicyclic) bond motifs is 1. The van der Waals surface area contributed by atoms with Crippen molar-refractivity contribution in [1.82, 2.24) is 0 Å². The summed E-state index contributed by atoms with van der Waals surface area (Å²) in [6.07, 6.45) is 1.87. The zero-order valence-electron chi connectivity index (χ0n) is 11.5. The van der Waals surface area contributed by atoms with Gasteiger partial charge < -0.3 is 13.5 Å². The summed E-state index contributed by atoms with van der Waals surface area (Å²) in [6.45, 7) is 6.37. The molecule has 0 bridgehead atoms. The van der Waals surface area contributed by atoms with Crippen molar-refractivity contribution < 1.29 is 18.0 Å². The minimum Gasteiger partial charge on any atom is -0.464 e. The van der Waals surface area contributed by atoms with Crippen molar-refractivity contribution in [3.63, 3.8) is 0 Å². The number of benzene rings is 1. The third-order valence-corrected chi connectivity index (χ3v) is 4.86. The fourth-order valence-corrected chi connectivity index (χ4v) is 3.75. The van der Waals surface area contributed by atoms with Crippen LogP contribution in [0.2, 0.25) is 0 Å². The van der Waals surface area contributed by atoms with Crippen molar-refractivity contribution in [1.29, 1.82) is 0 Å². The molecule has 0 atom stereocenters. The lowest BCUT2D eigenvalue weighted by Crippen LogP contribution is -1.98. The van der Waals surface area contributed by atoms with Crippen molar-refractivity contribution in [2.45, 2.75) is 26.9 Å². The minimum atomic E-state index is -3.09. The van der Waals surface area contributed by atoms with Crippen molar-refractivity contribution in [3.8, 4) is 0 Å². The van der Waals surface area contributed by atoms with E-state index in [0.29, 0.717) is 13.2 Å². The Balaban J connectivity index is 2.33. The van der Waals surface area contributed by atoms with Crippen LogP contribution >= 0.6 is 7.60 Å². The monoisotopic (exact) mass is 282 g/mol. The summed E-state index contributed by atoms with van der Waals surface area (Å²) in [6, 6.07) is 5.93. The molecule has 1 aromatic carbocycles. The molecule has 2 rings (SSSR count). The quantitative estimate of drug-likeness (QED) is 0.731. The summed E-state index contributed by atoms with van der Waals surface area (Å²) >= 11 is 0. The largest absolute Gasteiger partial charge is 0.464 e. The topological polar surface area (TPSA) is 48.7 Å². The Morgan fingerprint density at radius 1 is 1.21 bits per heavy atom. The molecule has 0 saturated carbocycles. The maximum atomic E-state index is 12.5. The van der Waals surface area contributed by atoms with Gasteiger partial charge in [0.15, 0.2) is 0 Å². The molecule has 1 aromatic heterocycles. The average molecular weight is 282 g/mol. The molecule has 0 saturated heterocycles. The van der Waals surface area contributed by atoms with Gasteiger partial charge in [0.25, 0.3) is 0 Å². The van der Waals surface area contributed by atoms with Crippen LogP contribution in [0, 0.1) is 6.92 Å². The van der Waals surface area contributed by atoms with Gasteiger partial charge in [0.2, 0.25) is 0 Å². The van der Waals surface area contributed by atoms with Gasteiger partial charge in [-0.1, -0.05) is 11.6 Å². The summed E-state index contributed by atoms with van der Waals surface area (Å²) in [5, 5.41) is 0.972. The second-order valence-electron chi connectivity index (χ2n) is 4.37. The van der Waals surface area contributed by atoms with Crippen molar-refractivity contribution in [2.75, 3.05) is 13.2 Å². The maximum Gasteiger partial charge on any atom is 0.335 e. The van der Waals surface area contributed by atoms with Gasteiger partial charge >= 0.3 is 7.60 Å². The number of rotatable bonds is 6. The predicted molar refractivity (Wildman–Crippen MR) is 75.5 cm³/mol. The van der Waals surface area contributed by atoms with Gasteiger partial charge in [0.1, 0.15) is 5.58 Å². The predicted octanol–water partition coefficient (Wildman–Crippen LogP) is 4.51. The maximum absolute atomic E-state index is 12.5. The normalized spacial score (nSPS) is 12.2. The summed E-state index contributed by atoms with van der Waals surface area (Å²) in [4.78, 5) is 0. The molecule has 104 valence electrons. The summed E-state index contributed by atoms with van der Waals surface area (Å²) in [7, 11) is -3.09. The van der Waals surface area contributed by atoms with E-state index in [9.17, 15) is 4.57 Å². The van der Waals surface area contributed by atoms with Crippen molar-refractivity contribution in [2.24, 2.45) is 0 Å². The highest BCUT2D eigenvalue weighted by atomic mass is 31.2. The Morgan fingerprint density at radius 3 is 2.53 bits per heavy atom. The van der Waals surface area contributed by atoms with E-state index in [1.807, 2.05) is 39.0 Å². The molecule has 0 fully saturated rings. The second-order valence-corrected chi connectivity index (χ2v) is 6.42. The smallest absolute Gasteiger partial charge is 0.335 e. The van der Waals surface area contributed by atoms with Crippen LogP contribution in [-0.4, -0.2) is 13.2 Å². The molecule has 2 aromatic rings. The molecule has 5 heteroatoms. The van der Waals surface area contributed by atoms with Crippen LogP contribution in [0.25, 0.3) is 11.0 Å². The van der Waals surface area contributed by atoms with Crippen LogP contribution in [0.3, 0.4) is 0 Å². The third-order valence-electron chi connectivity index (χ3n) is 2.82. The first-order chi connectivity index (χ1) is 9.08. The van der Waals surface area contributed by atoms with Gasteiger partial charge in [-0.25, -0.2) is 0 Å². The van der Waals surface area contributed by atoms with Crippen LogP contribution in [0.5, 0.6) is 0 Å². The Morgan fingerprint density at radius 2 is 1.89 bits per heavy atom. The summed E-state index contributed by atoms with van der Waals surface area (Å²) in [5.41, 5.74) is 2.79. The molecule has 0 aliphatic heterocycles. The van der Waals surface area contributed by atoms with Crippen LogP contribution in [0.4, 0.5) is 0 Å². The fourth-order valence-electron chi connectivity index (χ4n) is 2.05. The summed E-state index contributed by atoms with van der Waals surface area (Å²) < 4.78 is 28.6. The highest BCUT2D eigenvalue weighted by Crippen LogP contribution is 2.52. The molecular formula is C14H19O4P. The summed E-state index contributed by atoms with van der Waals surface area (Å²) in [5.74, 6) is 0. The Kier molecular flexibility index (Phi) is 4.46. The number of aryl methyl sites for hydroxylation is 1. The van der Waals surface area contributed by atoms with Gasteiger partial charge in [-0.2, -0.15) is 0 Å². The molecule has 19 heavy (non-hydrogen) atoms. The first-order valence-corrected chi connectivity index (χ1v) is 8.15.